The number of thiophene rings is 1. The van der Waals surface area contributed by atoms with Crippen LogP contribution >= 0.6 is 23.1 Å². The van der Waals surface area contributed by atoms with E-state index < -0.39 is 0 Å². The zero-order valence-corrected chi connectivity index (χ0v) is 18.3. The van der Waals surface area contributed by atoms with Gasteiger partial charge >= 0.3 is 0 Å². The van der Waals surface area contributed by atoms with Gasteiger partial charge in [-0.1, -0.05) is 48.2 Å². The summed E-state index contributed by atoms with van der Waals surface area (Å²) in [6.45, 7) is 0. The number of hydrogen-bond acceptors (Lipinski definition) is 7. The summed E-state index contributed by atoms with van der Waals surface area (Å²) in [5, 5.41) is 15.3. The summed E-state index contributed by atoms with van der Waals surface area (Å²) < 4.78 is 7.20. The van der Waals surface area contributed by atoms with Crippen LogP contribution in [-0.4, -0.2) is 39.7 Å². The average molecular weight is 450 g/mol. The molecular weight excluding hydrogens is 430 g/mol. The highest BCUT2D eigenvalue weighted by Crippen LogP contribution is 2.28. The van der Waals surface area contributed by atoms with Crippen molar-refractivity contribution in [3.8, 4) is 22.8 Å². The quantitative estimate of drug-likeness (QED) is 0.247. The molecule has 1 amide bonds. The topological polar surface area (TPSA) is 81.4 Å². The van der Waals surface area contributed by atoms with Crippen LogP contribution in [0.15, 0.2) is 82.4 Å². The molecule has 2 aromatic carbocycles. The lowest BCUT2D eigenvalue weighted by Gasteiger charge is -2.11. The van der Waals surface area contributed by atoms with Crippen LogP contribution in [0.4, 0.5) is 0 Å². The summed E-state index contributed by atoms with van der Waals surface area (Å²) in [6, 6.07) is 21.3. The van der Waals surface area contributed by atoms with Crippen LogP contribution in [0.3, 0.4) is 0 Å². The minimum atomic E-state index is -0.219. The van der Waals surface area contributed by atoms with Crippen LogP contribution in [0.2, 0.25) is 0 Å². The van der Waals surface area contributed by atoms with Gasteiger partial charge in [0.15, 0.2) is 11.0 Å². The Morgan fingerprint density at radius 2 is 1.94 bits per heavy atom. The monoisotopic (exact) mass is 449 g/mol. The number of rotatable bonds is 8. The van der Waals surface area contributed by atoms with Gasteiger partial charge in [0.25, 0.3) is 5.91 Å². The number of nitrogens with one attached hydrogen (secondary N) is 1. The van der Waals surface area contributed by atoms with Gasteiger partial charge in [0, 0.05) is 16.1 Å². The van der Waals surface area contributed by atoms with Crippen LogP contribution in [0.1, 0.15) is 4.88 Å². The molecule has 31 heavy (non-hydrogen) atoms. The number of carbonyl (C=O) groups excluding carboxylic acids is 1. The van der Waals surface area contributed by atoms with E-state index in [1.54, 1.807) is 24.7 Å². The Morgan fingerprint density at radius 1 is 1.13 bits per heavy atom. The lowest BCUT2D eigenvalue weighted by atomic mass is 10.2. The van der Waals surface area contributed by atoms with Gasteiger partial charge in [0.1, 0.15) is 5.75 Å². The lowest BCUT2D eigenvalue weighted by Crippen LogP contribution is -2.19. The third-order valence-corrected chi connectivity index (χ3v) is 5.99. The molecule has 0 bridgehead atoms. The number of hydrazone groups is 1. The molecule has 0 saturated heterocycles. The van der Waals surface area contributed by atoms with Crippen molar-refractivity contribution in [2.75, 3.05) is 12.9 Å². The summed E-state index contributed by atoms with van der Waals surface area (Å²) in [4.78, 5) is 13.2. The van der Waals surface area contributed by atoms with Crippen molar-refractivity contribution in [2.45, 2.75) is 5.16 Å². The van der Waals surface area contributed by atoms with Gasteiger partial charge in [0.2, 0.25) is 0 Å². The van der Waals surface area contributed by atoms with Gasteiger partial charge in [-0.3, -0.25) is 9.36 Å². The fourth-order valence-corrected chi connectivity index (χ4v) is 4.13. The first-order chi connectivity index (χ1) is 15.2. The number of methoxy groups -OCH3 is 1. The number of benzene rings is 2. The molecule has 0 atom stereocenters. The molecule has 156 valence electrons. The Kier molecular flexibility index (Phi) is 6.75. The zero-order chi connectivity index (χ0) is 21.5. The van der Waals surface area contributed by atoms with Gasteiger partial charge in [0.05, 0.1) is 19.1 Å². The fourth-order valence-electron chi connectivity index (χ4n) is 2.80. The van der Waals surface area contributed by atoms with Crippen LogP contribution in [-0.2, 0) is 4.79 Å². The maximum atomic E-state index is 12.2. The highest BCUT2D eigenvalue weighted by atomic mass is 32.2. The van der Waals surface area contributed by atoms with Crippen molar-refractivity contribution in [3.05, 3.63) is 77.0 Å². The van der Waals surface area contributed by atoms with Crippen LogP contribution in [0, 0.1) is 0 Å². The molecule has 2 heterocycles. The van der Waals surface area contributed by atoms with Gasteiger partial charge < -0.3 is 4.74 Å². The number of amides is 1. The largest absolute Gasteiger partial charge is 0.497 e. The van der Waals surface area contributed by atoms with Crippen LogP contribution < -0.4 is 10.2 Å². The van der Waals surface area contributed by atoms with E-state index in [4.69, 9.17) is 4.74 Å². The fraction of sp³-hybridized carbons (Fsp3) is 0.0909. The number of ether oxygens (including phenoxy) is 1. The maximum absolute atomic E-state index is 12.2. The smallest absolute Gasteiger partial charge is 0.250 e. The minimum Gasteiger partial charge on any atom is -0.497 e. The van der Waals surface area contributed by atoms with Crippen molar-refractivity contribution in [1.29, 1.82) is 0 Å². The standard InChI is InChI=1S/C22H19N5O2S2/c1-29-18-11-9-17(10-12-18)27-21(16-6-3-2-4-7-16)25-26-22(27)31-15-20(28)24-23-14-19-8-5-13-30-19/h2-14H,15H2,1H3,(H,24,28)/b23-14+. The first-order valence-corrected chi connectivity index (χ1v) is 11.2. The highest BCUT2D eigenvalue weighted by Gasteiger charge is 2.17. The molecule has 0 saturated carbocycles. The van der Waals surface area contributed by atoms with E-state index in [1.165, 1.54) is 11.8 Å². The van der Waals surface area contributed by atoms with E-state index in [9.17, 15) is 4.79 Å². The summed E-state index contributed by atoms with van der Waals surface area (Å²) in [6.07, 6.45) is 1.63. The first kappa shape index (κ1) is 20.8. The molecule has 0 spiro atoms. The van der Waals surface area contributed by atoms with E-state index >= 15 is 0 Å². The molecule has 7 nitrogen and oxygen atoms in total. The molecule has 0 aliphatic heterocycles. The normalized spacial score (nSPS) is 11.0. The third kappa shape index (κ3) is 5.19. The molecular formula is C22H19N5O2S2. The molecule has 4 rings (SSSR count). The van der Waals surface area contributed by atoms with Gasteiger partial charge in [-0.2, -0.15) is 5.10 Å². The third-order valence-electron chi connectivity index (χ3n) is 4.25. The van der Waals surface area contributed by atoms with E-state index in [2.05, 4.69) is 20.7 Å². The molecule has 0 aliphatic carbocycles. The first-order valence-electron chi connectivity index (χ1n) is 9.38. The van der Waals surface area contributed by atoms with Crippen molar-refractivity contribution in [1.82, 2.24) is 20.2 Å². The predicted molar refractivity (Wildman–Crippen MR) is 124 cm³/mol. The summed E-state index contributed by atoms with van der Waals surface area (Å²) in [5.74, 6) is 1.40. The Bertz CT molecular complexity index is 1160. The van der Waals surface area contributed by atoms with E-state index in [0.717, 1.165) is 21.9 Å². The van der Waals surface area contributed by atoms with Crippen LogP contribution in [0.5, 0.6) is 5.75 Å². The molecule has 4 aromatic rings. The molecule has 1 N–H and O–H groups in total. The van der Waals surface area contributed by atoms with E-state index in [1.807, 2.05) is 76.7 Å². The zero-order valence-electron chi connectivity index (χ0n) is 16.6. The van der Waals surface area contributed by atoms with E-state index in [-0.39, 0.29) is 11.7 Å². The Hall–Kier alpha value is -3.43. The van der Waals surface area contributed by atoms with Crippen molar-refractivity contribution in [2.24, 2.45) is 5.10 Å². The predicted octanol–water partition coefficient (Wildman–Crippen LogP) is 4.25. The van der Waals surface area contributed by atoms with Gasteiger partial charge in [-0.15, -0.1) is 21.5 Å². The molecule has 0 aliphatic rings. The Balaban J connectivity index is 1.54. The van der Waals surface area contributed by atoms with Crippen molar-refractivity contribution >= 4 is 35.2 Å². The molecule has 0 radical (unpaired) electrons. The van der Waals surface area contributed by atoms with E-state index in [0.29, 0.717) is 11.0 Å². The second kappa shape index (κ2) is 10.1. The average Bonchev–Trinajstić information content (AvgIpc) is 3.48. The number of carbonyl (C=O) groups is 1. The number of nitrogens with zero attached hydrogens (tertiary/aromatic N) is 4. The molecule has 2 aromatic heterocycles. The Labute approximate surface area is 187 Å². The second-order valence-electron chi connectivity index (χ2n) is 6.30. The van der Waals surface area contributed by atoms with Gasteiger partial charge in [-0.25, -0.2) is 5.43 Å². The molecule has 9 heteroatoms. The SMILES string of the molecule is COc1ccc(-n2c(SCC(=O)N/N=C/c3cccs3)nnc2-c2ccccc2)cc1. The lowest BCUT2D eigenvalue weighted by molar-refractivity contribution is -0.118. The second-order valence-corrected chi connectivity index (χ2v) is 8.22. The summed E-state index contributed by atoms with van der Waals surface area (Å²) in [7, 11) is 1.63. The van der Waals surface area contributed by atoms with Crippen molar-refractivity contribution in [3.63, 3.8) is 0 Å². The minimum absolute atomic E-state index is 0.158. The maximum Gasteiger partial charge on any atom is 0.250 e. The summed E-state index contributed by atoms with van der Waals surface area (Å²) >= 11 is 2.85. The highest BCUT2D eigenvalue weighted by molar-refractivity contribution is 7.99. The Morgan fingerprint density at radius 3 is 2.65 bits per heavy atom. The summed E-state index contributed by atoms with van der Waals surface area (Å²) in [5.41, 5.74) is 4.36. The van der Waals surface area contributed by atoms with Crippen LogP contribution in [0.25, 0.3) is 17.1 Å². The molecule has 0 unspecified atom stereocenters. The number of thioether (sulfide) groups is 1. The molecule has 0 fully saturated rings. The number of aromatic nitrogens is 3. The van der Waals surface area contributed by atoms with Crippen molar-refractivity contribution < 1.29 is 9.53 Å². The number of hydrogen-bond donors (Lipinski definition) is 1. The van der Waals surface area contributed by atoms with Gasteiger partial charge in [-0.05, 0) is 35.7 Å².